The topological polar surface area (TPSA) is 210 Å². The largest absolute Gasteiger partial charge is 0.465 e. The minimum atomic E-state index is -3.20. The summed E-state index contributed by atoms with van der Waals surface area (Å²) >= 11 is 0. The fourth-order valence-corrected chi connectivity index (χ4v) is 3.43. The van der Waals surface area contributed by atoms with Gasteiger partial charge in [-0.25, -0.2) is 4.79 Å². The van der Waals surface area contributed by atoms with Crippen LogP contribution < -0.4 is 5.32 Å². The predicted molar refractivity (Wildman–Crippen MR) is 109 cm³/mol. The molecule has 0 saturated carbocycles. The summed E-state index contributed by atoms with van der Waals surface area (Å²) in [4.78, 5) is 71.1. The van der Waals surface area contributed by atoms with E-state index in [9.17, 15) is 39.0 Å². The van der Waals surface area contributed by atoms with Crippen LogP contribution in [0.15, 0.2) is 0 Å². The Bertz CT molecular complexity index is 844. The average Bonchev–Trinajstić information content (AvgIpc) is 2.73. The summed E-state index contributed by atoms with van der Waals surface area (Å²) < 4.78 is 30.2. The second kappa shape index (κ2) is 12.4. The molecule has 1 heterocycles. The van der Waals surface area contributed by atoms with Crippen molar-refractivity contribution in [1.82, 2.24) is 5.32 Å². The van der Waals surface area contributed by atoms with E-state index in [0.29, 0.717) is 0 Å². The average molecular weight is 507 g/mol. The molecule has 35 heavy (non-hydrogen) atoms. The van der Waals surface area contributed by atoms with Crippen molar-refractivity contribution < 1.29 is 67.4 Å². The summed E-state index contributed by atoms with van der Waals surface area (Å²) in [5.74, 6) is -9.15. The molecule has 15 nitrogen and oxygen atoms in total. The van der Waals surface area contributed by atoms with Crippen LogP contribution in [0.5, 0.6) is 0 Å². The van der Waals surface area contributed by atoms with Gasteiger partial charge in [0.15, 0.2) is 24.4 Å². The first-order chi connectivity index (χ1) is 16.1. The maximum Gasteiger partial charge on any atom is 0.369 e. The number of aliphatic hydroxyl groups is 2. The Labute approximate surface area is 199 Å². The summed E-state index contributed by atoms with van der Waals surface area (Å²) in [6.45, 7) is 4.33. The first-order valence-corrected chi connectivity index (χ1v) is 10.2. The van der Waals surface area contributed by atoms with E-state index in [2.05, 4.69) is 10.1 Å². The van der Waals surface area contributed by atoms with Gasteiger partial charge in [0.2, 0.25) is 5.91 Å². The van der Waals surface area contributed by atoms with E-state index in [1.165, 1.54) is 0 Å². The van der Waals surface area contributed by atoms with E-state index < -0.39 is 84.7 Å². The van der Waals surface area contributed by atoms with Crippen LogP contribution in [0.25, 0.3) is 0 Å². The Morgan fingerprint density at radius 3 is 1.94 bits per heavy atom. The summed E-state index contributed by atoms with van der Waals surface area (Å²) in [5, 5.41) is 23.9. The van der Waals surface area contributed by atoms with Crippen molar-refractivity contribution in [3.63, 3.8) is 0 Å². The number of carbonyl (C=O) groups is 6. The molecule has 7 atom stereocenters. The van der Waals surface area contributed by atoms with Gasteiger partial charge in [-0.2, -0.15) is 0 Å². The number of carbonyl (C=O) groups excluding carboxylic acids is 6. The van der Waals surface area contributed by atoms with E-state index in [0.717, 1.165) is 41.7 Å². The molecule has 0 aliphatic carbocycles. The van der Waals surface area contributed by atoms with Gasteiger partial charge in [-0.1, -0.05) is 0 Å². The van der Waals surface area contributed by atoms with Crippen molar-refractivity contribution in [1.29, 1.82) is 0 Å². The molecule has 198 valence electrons. The number of rotatable bonds is 9. The van der Waals surface area contributed by atoms with Crippen LogP contribution in [0.2, 0.25) is 0 Å². The standard InChI is InChI=1S/C20H29NO14/c1-8(22)21-14-16(15(33-11(4)25)13(32-10(3)24)7-31-9(2)23)35-20(29,19(28)30-6)18(27)17(14)34-12(5)26/h13-18,27,29H,7H2,1-6H3,(H,21,22)/t13-,14+,15-,16?,17?,18?,20+/m1/s1. The van der Waals surface area contributed by atoms with Gasteiger partial charge < -0.3 is 44.0 Å². The van der Waals surface area contributed by atoms with Crippen LogP contribution in [0.1, 0.15) is 34.6 Å². The van der Waals surface area contributed by atoms with Crippen LogP contribution in [0, 0.1) is 0 Å². The number of aliphatic hydroxyl groups excluding tert-OH is 1. The highest BCUT2D eigenvalue weighted by molar-refractivity contribution is 5.79. The molecule has 15 heteroatoms. The predicted octanol–water partition coefficient (Wildman–Crippen LogP) is -2.53. The molecule has 0 spiro atoms. The van der Waals surface area contributed by atoms with Gasteiger partial charge in [-0.3, -0.25) is 24.0 Å². The molecule has 0 radical (unpaired) electrons. The number of hydrogen-bond donors (Lipinski definition) is 3. The lowest BCUT2D eigenvalue weighted by Gasteiger charge is -2.49. The van der Waals surface area contributed by atoms with Crippen LogP contribution in [0.3, 0.4) is 0 Å². The molecule has 0 aromatic rings. The van der Waals surface area contributed by atoms with Gasteiger partial charge in [0.05, 0.1) is 13.2 Å². The maximum absolute atomic E-state index is 12.4. The highest BCUT2D eigenvalue weighted by atomic mass is 16.7. The molecule has 1 saturated heterocycles. The van der Waals surface area contributed by atoms with Crippen molar-refractivity contribution in [2.45, 2.75) is 77.0 Å². The first-order valence-electron chi connectivity index (χ1n) is 10.2. The zero-order chi connectivity index (χ0) is 27.1. The molecule has 0 bridgehead atoms. The molecule has 0 aromatic heterocycles. The number of hydrogen-bond acceptors (Lipinski definition) is 14. The first kappa shape index (κ1) is 29.7. The normalized spacial score (nSPS) is 27.4. The van der Waals surface area contributed by atoms with Gasteiger partial charge >= 0.3 is 29.8 Å². The summed E-state index contributed by atoms with van der Waals surface area (Å²) in [7, 11) is 0.859. The molecule has 1 aliphatic rings. The number of amides is 1. The lowest BCUT2D eigenvalue weighted by atomic mass is 9.86. The molecule has 3 N–H and O–H groups in total. The number of methoxy groups -OCH3 is 1. The quantitative estimate of drug-likeness (QED) is 0.217. The SMILES string of the molecule is COC(=O)[C@@]1(O)OC([C@H](OC(C)=O)[C@@H](COC(C)=O)OC(C)=O)[C@H](NC(C)=O)C(OC(C)=O)C1O. The molecular formula is C20H29NO14. The molecule has 3 unspecified atom stereocenters. The molecule has 0 aromatic carbocycles. The Hall–Kier alpha value is -3.30. The van der Waals surface area contributed by atoms with E-state index in [1.54, 1.807) is 0 Å². The Morgan fingerprint density at radius 1 is 0.943 bits per heavy atom. The number of esters is 5. The van der Waals surface area contributed by atoms with Crippen LogP contribution in [0.4, 0.5) is 0 Å². The highest BCUT2D eigenvalue weighted by Crippen LogP contribution is 2.35. The van der Waals surface area contributed by atoms with Crippen molar-refractivity contribution in [3.8, 4) is 0 Å². The lowest BCUT2D eigenvalue weighted by Crippen LogP contribution is -2.74. The van der Waals surface area contributed by atoms with Crippen molar-refractivity contribution in [3.05, 3.63) is 0 Å². The van der Waals surface area contributed by atoms with E-state index >= 15 is 0 Å². The van der Waals surface area contributed by atoms with Crippen LogP contribution in [-0.2, 0) is 57.2 Å². The van der Waals surface area contributed by atoms with E-state index in [-0.39, 0.29) is 0 Å². The van der Waals surface area contributed by atoms with Crippen LogP contribution in [-0.4, -0.2) is 102 Å². The third kappa shape index (κ3) is 7.87. The van der Waals surface area contributed by atoms with Gasteiger partial charge in [-0.15, -0.1) is 0 Å². The third-order valence-corrected chi connectivity index (χ3v) is 4.65. The Kier molecular flexibility index (Phi) is 10.5. The fraction of sp³-hybridized carbons (Fsp3) is 0.700. The fourth-order valence-electron chi connectivity index (χ4n) is 3.43. The van der Waals surface area contributed by atoms with Crippen LogP contribution >= 0.6 is 0 Å². The zero-order valence-corrected chi connectivity index (χ0v) is 20.0. The van der Waals surface area contributed by atoms with E-state index in [4.69, 9.17) is 23.7 Å². The Morgan fingerprint density at radius 2 is 1.51 bits per heavy atom. The number of nitrogens with one attached hydrogen (secondary N) is 1. The van der Waals surface area contributed by atoms with E-state index in [1.807, 2.05) is 0 Å². The molecule has 1 amide bonds. The maximum atomic E-state index is 12.4. The molecule has 1 aliphatic heterocycles. The second-order valence-corrected chi connectivity index (χ2v) is 7.54. The summed E-state index contributed by atoms with van der Waals surface area (Å²) in [5.41, 5.74) is 0. The number of ether oxygens (including phenoxy) is 6. The summed E-state index contributed by atoms with van der Waals surface area (Å²) in [6.07, 6.45) is -9.37. The highest BCUT2D eigenvalue weighted by Gasteiger charge is 2.63. The smallest absolute Gasteiger partial charge is 0.369 e. The minimum Gasteiger partial charge on any atom is -0.465 e. The minimum absolute atomic E-state index is 0.684. The lowest BCUT2D eigenvalue weighted by molar-refractivity contribution is -0.335. The van der Waals surface area contributed by atoms with Crippen molar-refractivity contribution >= 4 is 35.8 Å². The van der Waals surface area contributed by atoms with Gasteiger partial charge in [0, 0.05) is 34.6 Å². The van der Waals surface area contributed by atoms with Crippen molar-refractivity contribution in [2.24, 2.45) is 0 Å². The second-order valence-electron chi connectivity index (χ2n) is 7.54. The third-order valence-electron chi connectivity index (χ3n) is 4.65. The van der Waals surface area contributed by atoms with Gasteiger partial charge in [0.25, 0.3) is 5.79 Å². The molecule has 1 rings (SSSR count). The summed E-state index contributed by atoms with van der Waals surface area (Å²) in [6, 6.07) is -1.59. The molecule has 1 fully saturated rings. The molecular weight excluding hydrogens is 478 g/mol. The van der Waals surface area contributed by atoms with Gasteiger partial charge in [0.1, 0.15) is 12.7 Å². The zero-order valence-electron chi connectivity index (χ0n) is 20.0. The van der Waals surface area contributed by atoms with Crippen molar-refractivity contribution in [2.75, 3.05) is 13.7 Å². The monoisotopic (exact) mass is 507 g/mol. The Balaban J connectivity index is 3.74. The van der Waals surface area contributed by atoms with Gasteiger partial charge in [-0.05, 0) is 0 Å².